The maximum atomic E-state index is 11.8. The molecule has 2 amide bonds. The molecule has 0 aromatic heterocycles. The molecule has 2 aromatic rings. The van der Waals surface area contributed by atoms with Gasteiger partial charge in [-0.05, 0) is 18.6 Å². The van der Waals surface area contributed by atoms with E-state index in [-0.39, 0.29) is 6.03 Å². The molecule has 2 aromatic carbocycles. The first-order valence-corrected chi connectivity index (χ1v) is 8.02. The number of urea groups is 1. The van der Waals surface area contributed by atoms with Gasteiger partial charge in [0.1, 0.15) is 12.4 Å². The molecule has 0 fully saturated rings. The Morgan fingerprint density at radius 1 is 1.17 bits per heavy atom. The van der Waals surface area contributed by atoms with Gasteiger partial charge in [-0.2, -0.15) is 0 Å². The lowest BCUT2D eigenvalue weighted by molar-refractivity contribution is 0.143. The molecule has 0 aliphatic rings. The van der Waals surface area contributed by atoms with Crippen LogP contribution < -0.4 is 10.1 Å². The van der Waals surface area contributed by atoms with E-state index in [1.807, 2.05) is 54.6 Å². The van der Waals surface area contributed by atoms with E-state index in [1.54, 1.807) is 14.0 Å². The highest BCUT2D eigenvalue weighted by molar-refractivity contribution is 5.73. The third-order valence-electron chi connectivity index (χ3n) is 3.49. The molecule has 5 nitrogen and oxygen atoms in total. The fraction of sp³-hybridized carbons (Fsp3) is 0.316. The summed E-state index contributed by atoms with van der Waals surface area (Å²) < 4.78 is 5.82. The maximum Gasteiger partial charge on any atom is 0.317 e. The molecule has 128 valence electrons. The summed E-state index contributed by atoms with van der Waals surface area (Å²) in [5, 5.41) is 12.1. The molecular weight excluding hydrogens is 304 g/mol. The number of carbonyl (C=O) groups excluding carboxylic acids is 1. The summed E-state index contributed by atoms with van der Waals surface area (Å²) in [6.45, 7) is 2.71. The lowest BCUT2D eigenvalue weighted by Gasteiger charge is -2.19. The zero-order valence-electron chi connectivity index (χ0n) is 14.1. The van der Waals surface area contributed by atoms with Gasteiger partial charge in [0.15, 0.2) is 0 Å². The van der Waals surface area contributed by atoms with Gasteiger partial charge >= 0.3 is 6.03 Å². The number of para-hydroxylation sites is 1. The quantitative estimate of drug-likeness (QED) is 0.768. The fourth-order valence-corrected chi connectivity index (χ4v) is 2.38. The topological polar surface area (TPSA) is 61.8 Å². The highest BCUT2D eigenvalue weighted by Gasteiger charge is 2.10. The second kappa shape index (κ2) is 8.93. The first kappa shape index (κ1) is 17.8. The zero-order valence-corrected chi connectivity index (χ0v) is 14.1. The zero-order chi connectivity index (χ0) is 17.4. The van der Waals surface area contributed by atoms with Crippen LogP contribution in [0.2, 0.25) is 0 Å². The van der Waals surface area contributed by atoms with Crippen LogP contribution in [0.5, 0.6) is 5.75 Å². The van der Waals surface area contributed by atoms with Crippen LogP contribution in [-0.2, 0) is 0 Å². The lowest BCUT2D eigenvalue weighted by Crippen LogP contribution is -2.42. The number of benzene rings is 2. The Hall–Kier alpha value is -2.53. The average Bonchev–Trinajstić information content (AvgIpc) is 2.59. The Labute approximate surface area is 142 Å². The lowest BCUT2D eigenvalue weighted by atomic mass is 10.1. The number of hydrogen-bond acceptors (Lipinski definition) is 3. The number of aliphatic hydroxyl groups is 1. The largest absolute Gasteiger partial charge is 0.491 e. The third-order valence-corrected chi connectivity index (χ3v) is 3.49. The molecule has 0 spiro atoms. The first-order valence-electron chi connectivity index (χ1n) is 8.02. The second-order valence-corrected chi connectivity index (χ2v) is 5.67. The van der Waals surface area contributed by atoms with Crippen molar-refractivity contribution < 1.29 is 14.6 Å². The number of hydrogen-bond donors (Lipinski definition) is 2. The molecule has 0 heterocycles. The highest BCUT2D eigenvalue weighted by atomic mass is 16.5. The van der Waals surface area contributed by atoms with Gasteiger partial charge in [-0.1, -0.05) is 48.5 Å². The number of amides is 2. The number of nitrogens with one attached hydrogen (secondary N) is 1. The van der Waals surface area contributed by atoms with Crippen molar-refractivity contribution in [2.75, 3.05) is 26.7 Å². The Kier molecular flexibility index (Phi) is 6.63. The summed E-state index contributed by atoms with van der Waals surface area (Å²) in [6, 6.07) is 17.6. The Balaban J connectivity index is 1.86. The van der Waals surface area contributed by atoms with Crippen LogP contribution in [0.25, 0.3) is 11.1 Å². The molecular formula is C19H24N2O3. The van der Waals surface area contributed by atoms with Gasteiger partial charge in [-0.15, -0.1) is 0 Å². The smallest absolute Gasteiger partial charge is 0.317 e. The molecule has 0 saturated heterocycles. The molecule has 0 aliphatic heterocycles. The molecule has 1 atom stereocenters. The first-order chi connectivity index (χ1) is 11.6. The number of likely N-dealkylation sites (N-methyl/N-ethyl adjacent to an activating group) is 1. The van der Waals surface area contributed by atoms with Crippen LogP contribution in [0.1, 0.15) is 6.92 Å². The van der Waals surface area contributed by atoms with E-state index in [2.05, 4.69) is 5.32 Å². The standard InChI is InChI=1S/C19H24N2O3/c1-15(22)14-21(2)19(23)20-12-13-24-18-11-7-6-10-17(18)16-8-4-3-5-9-16/h3-11,15,22H,12-14H2,1-2H3,(H,20,23). The molecule has 24 heavy (non-hydrogen) atoms. The van der Waals surface area contributed by atoms with Crippen LogP contribution in [0.3, 0.4) is 0 Å². The summed E-state index contributed by atoms with van der Waals surface area (Å²) in [5.41, 5.74) is 2.12. The van der Waals surface area contributed by atoms with Crippen molar-refractivity contribution in [3.8, 4) is 16.9 Å². The van der Waals surface area contributed by atoms with Gasteiger partial charge in [0.05, 0.1) is 12.6 Å². The Bertz CT molecular complexity index is 644. The highest BCUT2D eigenvalue weighted by Crippen LogP contribution is 2.29. The second-order valence-electron chi connectivity index (χ2n) is 5.67. The summed E-state index contributed by atoms with van der Waals surface area (Å²) in [4.78, 5) is 13.3. The van der Waals surface area contributed by atoms with Crippen molar-refractivity contribution in [1.82, 2.24) is 10.2 Å². The predicted octanol–water partition coefficient (Wildman–Crippen LogP) is 2.75. The van der Waals surface area contributed by atoms with E-state index in [0.717, 1.165) is 16.9 Å². The van der Waals surface area contributed by atoms with E-state index in [4.69, 9.17) is 4.74 Å². The number of carbonyl (C=O) groups is 1. The maximum absolute atomic E-state index is 11.8. The predicted molar refractivity (Wildman–Crippen MR) is 95.1 cm³/mol. The van der Waals surface area contributed by atoms with Crippen molar-refractivity contribution in [3.05, 3.63) is 54.6 Å². The van der Waals surface area contributed by atoms with Crippen LogP contribution in [0.15, 0.2) is 54.6 Å². The molecule has 2 rings (SSSR count). The van der Waals surface area contributed by atoms with Gasteiger partial charge < -0.3 is 20.1 Å². The van der Waals surface area contributed by atoms with Gasteiger partial charge in [0.2, 0.25) is 0 Å². The van der Waals surface area contributed by atoms with Crippen molar-refractivity contribution in [2.45, 2.75) is 13.0 Å². The molecule has 1 unspecified atom stereocenters. The summed E-state index contributed by atoms with van der Waals surface area (Å²) in [5.74, 6) is 0.787. The summed E-state index contributed by atoms with van der Waals surface area (Å²) >= 11 is 0. The van der Waals surface area contributed by atoms with Crippen LogP contribution >= 0.6 is 0 Å². The molecule has 5 heteroatoms. The van der Waals surface area contributed by atoms with E-state index >= 15 is 0 Å². The number of rotatable bonds is 7. The van der Waals surface area contributed by atoms with Gasteiger partial charge in [-0.3, -0.25) is 0 Å². The minimum atomic E-state index is -0.547. The average molecular weight is 328 g/mol. The minimum Gasteiger partial charge on any atom is -0.491 e. The van der Waals surface area contributed by atoms with Crippen LogP contribution in [0, 0.1) is 0 Å². The summed E-state index contributed by atoms with van der Waals surface area (Å²) in [7, 11) is 1.65. The normalized spacial score (nSPS) is 11.6. The van der Waals surface area contributed by atoms with Gasteiger partial charge in [0, 0.05) is 19.2 Å². The van der Waals surface area contributed by atoms with E-state index < -0.39 is 6.10 Å². The Morgan fingerprint density at radius 2 is 1.83 bits per heavy atom. The van der Waals surface area contributed by atoms with Crippen LogP contribution in [-0.4, -0.2) is 48.9 Å². The number of aliphatic hydroxyl groups excluding tert-OH is 1. The number of ether oxygens (including phenoxy) is 1. The van der Waals surface area contributed by atoms with Crippen molar-refractivity contribution in [2.24, 2.45) is 0 Å². The summed E-state index contributed by atoms with van der Waals surface area (Å²) in [6.07, 6.45) is -0.547. The third kappa shape index (κ3) is 5.28. The SMILES string of the molecule is CC(O)CN(C)C(=O)NCCOc1ccccc1-c1ccccc1. The van der Waals surface area contributed by atoms with E-state index in [1.165, 1.54) is 4.90 Å². The van der Waals surface area contributed by atoms with Gasteiger partial charge in [-0.25, -0.2) is 4.79 Å². The molecule has 0 radical (unpaired) electrons. The van der Waals surface area contributed by atoms with E-state index in [9.17, 15) is 9.90 Å². The van der Waals surface area contributed by atoms with Crippen molar-refractivity contribution in [1.29, 1.82) is 0 Å². The monoisotopic (exact) mass is 328 g/mol. The molecule has 0 bridgehead atoms. The van der Waals surface area contributed by atoms with E-state index in [0.29, 0.717) is 19.7 Å². The van der Waals surface area contributed by atoms with Crippen molar-refractivity contribution >= 4 is 6.03 Å². The molecule has 0 aliphatic carbocycles. The fourth-order valence-electron chi connectivity index (χ4n) is 2.38. The van der Waals surface area contributed by atoms with Gasteiger partial charge in [0.25, 0.3) is 0 Å². The number of nitrogens with zero attached hydrogens (tertiary/aromatic N) is 1. The molecule has 2 N–H and O–H groups in total. The van der Waals surface area contributed by atoms with Crippen molar-refractivity contribution in [3.63, 3.8) is 0 Å². The molecule has 0 saturated carbocycles. The Morgan fingerprint density at radius 3 is 2.54 bits per heavy atom. The van der Waals surface area contributed by atoms with Crippen LogP contribution in [0.4, 0.5) is 4.79 Å². The minimum absolute atomic E-state index is 0.226.